The Labute approximate surface area is 129 Å². The Morgan fingerprint density at radius 3 is 2.19 bits per heavy atom. The minimum atomic E-state index is -0.843. The summed E-state index contributed by atoms with van der Waals surface area (Å²) in [7, 11) is 0. The second kappa shape index (κ2) is 12.7. The molecule has 1 atom stereocenters. The number of aliphatic carboxylic acids is 1. The molecule has 0 fully saturated rings. The van der Waals surface area contributed by atoms with E-state index < -0.39 is 5.97 Å². The lowest BCUT2D eigenvalue weighted by molar-refractivity contribution is -0.145. The average molecular weight is 300 g/mol. The van der Waals surface area contributed by atoms with Gasteiger partial charge in [-0.25, -0.2) is 0 Å². The zero-order valence-electron chi connectivity index (χ0n) is 13.9. The van der Waals surface area contributed by atoms with Crippen molar-refractivity contribution in [1.29, 1.82) is 0 Å². The molecule has 4 heteroatoms. The van der Waals surface area contributed by atoms with Crippen molar-refractivity contribution in [3.8, 4) is 0 Å². The van der Waals surface area contributed by atoms with Gasteiger partial charge >= 0.3 is 11.9 Å². The molecule has 0 amide bonds. The van der Waals surface area contributed by atoms with E-state index in [0.29, 0.717) is 12.5 Å². The highest BCUT2D eigenvalue weighted by Gasteiger charge is 2.19. The number of rotatable bonds is 13. The van der Waals surface area contributed by atoms with Crippen LogP contribution in [0.2, 0.25) is 0 Å². The molecule has 0 saturated carbocycles. The van der Waals surface area contributed by atoms with Crippen LogP contribution in [-0.2, 0) is 14.3 Å². The molecule has 4 nitrogen and oxygen atoms in total. The number of carbonyl (C=O) groups is 2. The Morgan fingerprint density at radius 2 is 1.62 bits per heavy atom. The lowest BCUT2D eigenvalue weighted by Crippen LogP contribution is -2.17. The third-order valence-corrected chi connectivity index (χ3v) is 3.48. The van der Waals surface area contributed by atoms with Gasteiger partial charge in [-0.15, -0.1) is 0 Å². The minimum absolute atomic E-state index is 0.0459. The predicted molar refractivity (Wildman–Crippen MR) is 84.1 cm³/mol. The third kappa shape index (κ3) is 13.7. The minimum Gasteiger partial charge on any atom is -0.481 e. The maximum atomic E-state index is 11.7. The van der Waals surface area contributed by atoms with E-state index in [0.717, 1.165) is 19.3 Å². The summed E-state index contributed by atoms with van der Waals surface area (Å²) in [5.74, 6) is -0.819. The fourth-order valence-electron chi connectivity index (χ4n) is 2.52. The van der Waals surface area contributed by atoms with Crippen LogP contribution in [-0.4, -0.2) is 23.7 Å². The molecular weight excluding hydrogens is 268 g/mol. The quantitative estimate of drug-likeness (QED) is 0.404. The molecule has 0 aliphatic rings. The molecule has 0 aromatic rings. The van der Waals surface area contributed by atoms with Gasteiger partial charge in [0, 0.05) is 12.8 Å². The predicted octanol–water partition coefficient (Wildman–Crippen LogP) is 4.42. The van der Waals surface area contributed by atoms with Crippen LogP contribution < -0.4 is 0 Å². The molecule has 0 heterocycles. The molecule has 0 aliphatic carbocycles. The molecule has 0 bridgehead atoms. The van der Waals surface area contributed by atoms with E-state index in [9.17, 15) is 9.59 Å². The number of ether oxygens (including phenoxy) is 1. The average Bonchev–Trinajstić information content (AvgIpc) is 2.36. The number of esters is 1. The SMILES string of the molecule is CCCCCCCCOC(=O)C[C@@H](CC(=O)O)CC(C)C. The molecule has 0 aliphatic heterocycles. The van der Waals surface area contributed by atoms with Gasteiger partial charge in [-0.2, -0.15) is 0 Å². The molecule has 21 heavy (non-hydrogen) atoms. The van der Waals surface area contributed by atoms with Gasteiger partial charge in [0.2, 0.25) is 0 Å². The van der Waals surface area contributed by atoms with Crippen LogP contribution in [0.4, 0.5) is 0 Å². The zero-order chi connectivity index (χ0) is 16.1. The highest BCUT2D eigenvalue weighted by atomic mass is 16.5. The molecule has 124 valence electrons. The van der Waals surface area contributed by atoms with E-state index >= 15 is 0 Å². The van der Waals surface area contributed by atoms with Crippen molar-refractivity contribution in [2.24, 2.45) is 11.8 Å². The van der Waals surface area contributed by atoms with Gasteiger partial charge < -0.3 is 9.84 Å². The number of unbranched alkanes of at least 4 members (excludes halogenated alkanes) is 5. The monoisotopic (exact) mass is 300 g/mol. The van der Waals surface area contributed by atoms with E-state index in [1.807, 2.05) is 13.8 Å². The normalized spacial score (nSPS) is 12.4. The summed E-state index contributed by atoms with van der Waals surface area (Å²) in [5, 5.41) is 8.87. The molecule has 1 N–H and O–H groups in total. The zero-order valence-corrected chi connectivity index (χ0v) is 13.9. The first-order valence-electron chi connectivity index (χ1n) is 8.33. The summed E-state index contributed by atoms with van der Waals surface area (Å²) >= 11 is 0. The second-order valence-corrected chi connectivity index (χ2v) is 6.29. The smallest absolute Gasteiger partial charge is 0.306 e. The molecule has 0 aromatic heterocycles. The lowest BCUT2D eigenvalue weighted by atomic mass is 9.91. The van der Waals surface area contributed by atoms with Gasteiger partial charge in [-0.3, -0.25) is 9.59 Å². The van der Waals surface area contributed by atoms with E-state index in [1.165, 1.54) is 25.7 Å². The Balaban J connectivity index is 3.79. The summed E-state index contributed by atoms with van der Waals surface area (Å²) in [6.45, 7) is 6.73. The van der Waals surface area contributed by atoms with Crippen LogP contribution in [0.5, 0.6) is 0 Å². The van der Waals surface area contributed by atoms with Gasteiger partial charge in [0.15, 0.2) is 0 Å². The van der Waals surface area contributed by atoms with E-state index in [1.54, 1.807) is 0 Å². The summed E-state index contributed by atoms with van der Waals surface area (Å²) in [6, 6.07) is 0. The molecule has 0 rings (SSSR count). The van der Waals surface area contributed by atoms with Gasteiger partial charge in [0.05, 0.1) is 6.61 Å². The lowest BCUT2D eigenvalue weighted by Gasteiger charge is -2.16. The number of carboxylic acids is 1. The Bertz CT molecular complexity index is 287. The van der Waals surface area contributed by atoms with Crippen molar-refractivity contribution in [3.63, 3.8) is 0 Å². The van der Waals surface area contributed by atoms with Crippen molar-refractivity contribution < 1.29 is 19.4 Å². The first-order chi connectivity index (χ1) is 9.95. The summed E-state index contributed by atoms with van der Waals surface area (Å²) in [4.78, 5) is 22.5. The van der Waals surface area contributed by atoms with Gasteiger partial charge in [0.25, 0.3) is 0 Å². The molecule has 0 saturated heterocycles. The highest BCUT2D eigenvalue weighted by molar-refractivity contribution is 5.72. The Hall–Kier alpha value is -1.06. The van der Waals surface area contributed by atoms with E-state index in [2.05, 4.69) is 6.92 Å². The summed E-state index contributed by atoms with van der Waals surface area (Å²) in [5.41, 5.74) is 0. The maximum absolute atomic E-state index is 11.7. The first kappa shape index (κ1) is 19.9. The van der Waals surface area contributed by atoms with E-state index in [4.69, 9.17) is 9.84 Å². The topological polar surface area (TPSA) is 63.6 Å². The fraction of sp³-hybridized carbons (Fsp3) is 0.882. The van der Waals surface area contributed by atoms with Crippen LogP contribution in [0, 0.1) is 11.8 Å². The van der Waals surface area contributed by atoms with Crippen molar-refractivity contribution in [1.82, 2.24) is 0 Å². The molecule has 0 aromatic carbocycles. The molecule has 0 spiro atoms. The van der Waals surface area contributed by atoms with Crippen molar-refractivity contribution in [2.75, 3.05) is 6.61 Å². The van der Waals surface area contributed by atoms with Crippen LogP contribution in [0.25, 0.3) is 0 Å². The van der Waals surface area contributed by atoms with E-state index in [-0.39, 0.29) is 24.7 Å². The Morgan fingerprint density at radius 1 is 1.00 bits per heavy atom. The van der Waals surface area contributed by atoms with Crippen LogP contribution in [0.15, 0.2) is 0 Å². The largest absolute Gasteiger partial charge is 0.481 e. The summed E-state index contributed by atoms with van der Waals surface area (Å²) < 4.78 is 5.21. The first-order valence-corrected chi connectivity index (χ1v) is 8.33. The van der Waals surface area contributed by atoms with Crippen molar-refractivity contribution in [2.45, 2.75) is 78.6 Å². The van der Waals surface area contributed by atoms with Crippen LogP contribution in [0.3, 0.4) is 0 Å². The highest BCUT2D eigenvalue weighted by Crippen LogP contribution is 2.20. The molecular formula is C17H32O4. The number of hydrogen-bond acceptors (Lipinski definition) is 3. The molecule has 0 radical (unpaired) electrons. The third-order valence-electron chi connectivity index (χ3n) is 3.48. The number of carboxylic acid groups (broad SMARTS) is 1. The Kier molecular flexibility index (Phi) is 12.0. The van der Waals surface area contributed by atoms with Crippen molar-refractivity contribution >= 4 is 11.9 Å². The second-order valence-electron chi connectivity index (χ2n) is 6.29. The fourth-order valence-corrected chi connectivity index (χ4v) is 2.52. The van der Waals surface area contributed by atoms with Crippen LogP contribution in [0.1, 0.15) is 78.6 Å². The number of carbonyl (C=O) groups excluding carboxylic acids is 1. The molecule has 0 unspecified atom stereocenters. The van der Waals surface area contributed by atoms with Gasteiger partial charge in [-0.05, 0) is 24.7 Å². The number of hydrogen-bond donors (Lipinski definition) is 1. The van der Waals surface area contributed by atoms with Gasteiger partial charge in [-0.1, -0.05) is 52.9 Å². The summed E-state index contributed by atoms with van der Waals surface area (Å²) in [6.07, 6.45) is 7.96. The van der Waals surface area contributed by atoms with Gasteiger partial charge in [0.1, 0.15) is 0 Å². The maximum Gasteiger partial charge on any atom is 0.306 e. The standard InChI is InChI=1S/C17H32O4/c1-4-5-6-7-8-9-10-21-17(20)13-15(11-14(2)3)12-16(18)19/h14-15H,4-13H2,1-3H3,(H,18,19)/t15-/m1/s1. The van der Waals surface area contributed by atoms with Crippen LogP contribution >= 0.6 is 0 Å². The van der Waals surface area contributed by atoms with Crippen molar-refractivity contribution in [3.05, 3.63) is 0 Å².